The molecule has 1 saturated carbocycles. The van der Waals surface area contributed by atoms with E-state index in [1.54, 1.807) is 12.1 Å². The summed E-state index contributed by atoms with van der Waals surface area (Å²) in [7, 11) is 0. The lowest BCUT2D eigenvalue weighted by Gasteiger charge is -2.20. The fourth-order valence-electron chi connectivity index (χ4n) is 2.17. The highest BCUT2D eigenvalue weighted by molar-refractivity contribution is 6.05. The molecule has 8 heteroatoms. The minimum atomic E-state index is -4.50. The van der Waals surface area contributed by atoms with Gasteiger partial charge in [-0.05, 0) is 18.9 Å². The van der Waals surface area contributed by atoms with Crippen LogP contribution in [0.5, 0.6) is 0 Å². The van der Waals surface area contributed by atoms with Gasteiger partial charge in [-0.25, -0.2) is 5.10 Å². The fourth-order valence-corrected chi connectivity index (χ4v) is 2.17. The summed E-state index contributed by atoms with van der Waals surface area (Å²) >= 11 is 0. The quantitative estimate of drug-likeness (QED) is 0.886. The van der Waals surface area contributed by atoms with Gasteiger partial charge in [0.2, 0.25) is 0 Å². The highest BCUT2D eigenvalue weighted by Crippen LogP contribution is 2.49. The van der Waals surface area contributed by atoms with E-state index in [9.17, 15) is 22.8 Å². The van der Waals surface area contributed by atoms with E-state index < -0.39 is 23.2 Å². The van der Waals surface area contributed by atoms with Crippen LogP contribution in [0.15, 0.2) is 29.1 Å². The molecule has 1 amide bonds. The average Bonchev–Trinajstić information content (AvgIpc) is 3.20. The third-order valence-corrected chi connectivity index (χ3v) is 3.56. The van der Waals surface area contributed by atoms with Gasteiger partial charge in [-0.2, -0.15) is 18.3 Å². The van der Waals surface area contributed by atoms with Gasteiger partial charge < -0.3 is 5.32 Å². The van der Waals surface area contributed by atoms with Crippen LogP contribution in [0.4, 0.5) is 13.2 Å². The van der Waals surface area contributed by atoms with E-state index >= 15 is 0 Å². The molecular formula is C13H10F3N3O2. The molecule has 0 atom stereocenters. The van der Waals surface area contributed by atoms with Gasteiger partial charge in [0.1, 0.15) is 5.54 Å². The second-order valence-corrected chi connectivity index (χ2v) is 4.98. The van der Waals surface area contributed by atoms with Crippen molar-refractivity contribution < 1.29 is 18.0 Å². The number of aromatic amines is 1. The Labute approximate surface area is 116 Å². The summed E-state index contributed by atoms with van der Waals surface area (Å²) in [5.74, 6) is -0.947. The Morgan fingerprint density at radius 1 is 1.24 bits per heavy atom. The first-order chi connectivity index (χ1) is 9.84. The molecule has 1 aliphatic rings. The maximum absolute atomic E-state index is 12.9. The summed E-state index contributed by atoms with van der Waals surface area (Å²) in [6, 6.07) is 6.12. The standard InChI is InChI=1S/C13H10F3N3O2/c14-13(15,16)12(5-6-12)17-11(21)9-7-3-1-2-4-8(7)10(20)19-18-9/h1-4H,5-6H2,(H,17,21)(H,19,20). The van der Waals surface area contributed by atoms with Crippen molar-refractivity contribution in [1.29, 1.82) is 0 Å². The van der Waals surface area contributed by atoms with E-state index in [2.05, 4.69) is 10.2 Å². The first kappa shape index (κ1) is 13.6. The van der Waals surface area contributed by atoms with Gasteiger partial charge in [-0.3, -0.25) is 9.59 Å². The molecule has 3 rings (SSSR count). The summed E-state index contributed by atoms with van der Waals surface area (Å²) in [6.45, 7) is 0. The molecule has 1 heterocycles. The van der Waals surface area contributed by atoms with Crippen molar-refractivity contribution in [2.24, 2.45) is 0 Å². The number of carbonyl (C=O) groups excluding carboxylic acids is 1. The van der Waals surface area contributed by atoms with Gasteiger partial charge in [0, 0.05) is 5.39 Å². The third kappa shape index (κ3) is 2.16. The molecule has 0 saturated heterocycles. The zero-order valence-electron chi connectivity index (χ0n) is 10.6. The summed E-state index contributed by atoms with van der Waals surface area (Å²) in [5, 5.41) is 8.11. The minimum absolute atomic E-state index is 0.149. The van der Waals surface area contributed by atoms with E-state index in [4.69, 9.17) is 0 Å². The van der Waals surface area contributed by atoms with Crippen LogP contribution in [0.1, 0.15) is 23.3 Å². The fraction of sp³-hybridized carbons (Fsp3) is 0.308. The number of fused-ring (bicyclic) bond motifs is 1. The number of hydrogen-bond acceptors (Lipinski definition) is 3. The first-order valence-electron chi connectivity index (χ1n) is 6.21. The molecular weight excluding hydrogens is 287 g/mol. The molecule has 1 aromatic heterocycles. The Hall–Kier alpha value is -2.38. The van der Waals surface area contributed by atoms with Crippen LogP contribution in [0, 0.1) is 0 Å². The maximum Gasteiger partial charge on any atom is 0.411 e. The van der Waals surface area contributed by atoms with Gasteiger partial charge in [0.25, 0.3) is 11.5 Å². The van der Waals surface area contributed by atoms with E-state index in [-0.39, 0.29) is 29.3 Å². The topological polar surface area (TPSA) is 74.8 Å². The Kier molecular flexibility index (Phi) is 2.79. The van der Waals surface area contributed by atoms with Crippen LogP contribution >= 0.6 is 0 Å². The highest BCUT2D eigenvalue weighted by atomic mass is 19.4. The molecule has 110 valence electrons. The third-order valence-electron chi connectivity index (χ3n) is 3.56. The Morgan fingerprint density at radius 2 is 1.86 bits per heavy atom. The van der Waals surface area contributed by atoms with Gasteiger partial charge in [-0.15, -0.1) is 0 Å². The molecule has 1 aromatic carbocycles. The van der Waals surface area contributed by atoms with E-state index in [0.29, 0.717) is 0 Å². The van der Waals surface area contributed by atoms with E-state index in [1.165, 1.54) is 12.1 Å². The molecule has 1 aliphatic carbocycles. The van der Waals surface area contributed by atoms with Crippen LogP contribution in [-0.4, -0.2) is 27.8 Å². The molecule has 0 unspecified atom stereocenters. The predicted octanol–water partition coefficient (Wildman–Crippen LogP) is 1.75. The summed E-state index contributed by atoms with van der Waals surface area (Å²) < 4.78 is 38.6. The van der Waals surface area contributed by atoms with Gasteiger partial charge in [0.15, 0.2) is 5.69 Å². The molecule has 0 aliphatic heterocycles. The molecule has 5 nitrogen and oxygen atoms in total. The lowest BCUT2D eigenvalue weighted by Crippen LogP contribution is -2.48. The van der Waals surface area contributed by atoms with E-state index in [1.807, 2.05) is 5.32 Å². The normalized spacial score (nSPS) is 16.7. The first-order valence-corrected chi connectivity index (χ1v) is 6.21. The molecule has 2 N–H and O–H groups in total. The number of H-pyrrole nitrogens is 1. The number of hydrogen-bond donors (Lipinski definition) is 2. The summed E-state index contributed by atoms with van der Waals surface area (Å²) in [4.78, 5) is 23.7. The predicted molar refractivity (Wildman–Crippen MR) is 67.8 cm³/mol. The summed E-state index contributed by atoms with van der Waals surface area (Å²) in [6.07, 6.45) is -4.80. The summed E-state index contributed by atoms with van der Waals surface area (Å²) in [5.41, 5.74) is -2.89. The molecule has 2 aromatic rings. The average molecular weight is 297 g/mol. The van der Waals surface area contributed by atoms with Crippen molar-refractivity contribution in [3.05, 3.63) is 40.3 Å². The van der Waals surface area contributed by atoms with Crippen molar-refractivity contribution >= 4 is 16.7 Å². The second kappa shape index (κ2) is 4.31. The van der Waals surface area contributed by atoms with Crippen LogP contribution < -0.4 is 10.9 Å². The number of halogens is 3. The second-order valence-electron chi connectivity index (χ2n) is 4.98. The van der Waals surface area contributed by atoms with Crippen LogP contribution in [0.25, 0.3) is 10.8 Å². The van der Waals surface area contributed by atoms with Crippen molar-refractivity contribution in [1.82, 2.24) is 15.5 Å². The Morgan fingerprint density at radius 3 is 2.43 bits per heavy atom. The number of rotatable bonds is 2. The SMILES string of the molecule is O=C(NC1(C(F)(F)F)CC1)c1n[nH]c(=O)c2ccccc12. The zero-order chi connectivity index (χ0) is 15.3. The molecule has 0 bridgehead atoms. The largest absolute Gasteiger partial charge is 0.411 e. The van der Waals surface area contributed by atoms with Crippen LogP contribution in [-0.2, 0) is 0 Å². The zero-order valence-corrected chi connectivity index (χ0v) is 10.6. The van der Waals surface area contributed by atoms with Gasteiger partial charge >= 0.3 is 6.18 Å². The number of amides is 1. The molecule has 1 fully saturated rings. The van der Waals surface area contributed by atoms with Gasteiger partial charge in [-0.1, -0.05) is 18.2 Å². The van der Waals surface area contributed by atoms with Crippen molar-refractivity contribution in [3.8, 4) is 0 Å². The van der Waals surface area contributed by atoms with Crippen LogP contribution in [0.3, 0.4) is 0 Å². The van der Waals surface area contributed by atoms with Gasteiger partial charge in [0.05, 0.1) is 5.39 Å². The number of nitrogens with zero attached hydrogens (tertiary/aromatic N) is 1. The molecule has 21 heavy (non-hydrogen) atoms. The lowest BCUT2D eigenvalue weighted by molar-refractivity contribution is -0.163. The van der Waals surface area contributed by atoms with Crippen molar-refractivity contribution in [3.63, 3.8) is 0 Å². The molecule has 0 radical (unpaired) electrons. The number of benzene rings is 1. The van der Waals surface area contributed by atoms with Crippen molar-refractivity contribution in [2.75, 3.05) is 0 Å². The number of carbonyl (C=O) groups is 1. The number of alkyl halides is 3. The maximum atomic E-state index is 12.9. The lowest BCUT2D eigenvalue weighted by atomic mass is 10.1. The van der Waals surface area contributed by atoms with Crippen LogP contribution in [0.2, 0.25) is 0 Å². The van der Waals surface area contributed by atoms with Crippen molar-refractivity contribution in [2.45, 2.75) is 24.6 Å². The minimum Gasteiger partial charge on any atom is -0.336 e. The number of aromatic nitrogens is 2. The highest BCUT2D eigenvalue weighted by Gasteiger charge is 2.64. The Bertz CT molecular complexity index is 778. The number of nitrogens with one attached hydrogen (secondary N) is 2. The van der Waals surface area contributed by atoms with E-state index in [0.717, 1.165) is 0 Å². The Balaban J connectivity index is 2.00. The monoisotopic (exact) mass is 297 g/mol. The smallest absolute Gasteiger partial charge is 0.336 e. The molecule has 0 spiro atoms.